The highest BCUT2D eigenvalue weighted by atomic mass is 35.5. The van der Waals surface area contributed by atoms with E-state index in [0.717, 1.165) is 46.7 Å². The maximum atomic E-state index is 12.3. The number of aryl methyl sites for hydroxylation is 1. The first-order valence-corrected chi connectivity index (χ1v) is 8.34. The Morgan fingerprint density at radius 3 is 2.54 bits per heavy atom. The van der Waals surface area contributed by atoms with Gasteiger partial charge in [0.1, 0.15) is 0 Å². The van der Waals surface area contributed by atoms with E-state index in [4.69, 9.17) is 17.3 Å². The van der Waals surface area contributed by atoms with Crippen LogP contribution in [0.25, 0.3) is 11.1 Å². The molecule has 2 atom stereocenters. The van der Waals surface area contributed by atoms with Gasteiger partial charge in [-0.1, -0.05) is 29.8 Å². The largest absolute Gasteiger partial charge is 0.328 e. The molecule has 0 radical (unpaired) electrons. The maximum absolute atomic E-state index is 12.3. The lowest BCUT2D eigenvalue weighted by molar-refractivity contribution is -0.119. The van der Waals surface area contributed by atoms with Crippen molar-refractivity contribution in [3.8, 4) is 11.1 Å². The Morgan fingerprint density at radius 2 is 1.92 bits per heavy atom. The molecule has 2 aromatic carbocycles. The lowest BCUT2D eigenvalue weighted by atomic mass is 10.0. The number of nitrogens with one attached hydrogen (secondary N) is 1. The van der Waals surface area contributed by atoms with Crippen molar-refractivity contribution in [2.24, 2.45) is 11.7 Å². The fourth-order valence-corrected chi connectivity index (χ4v) is 3.33. The molecule has 3 nitrogen and oxygen atoms in total. The van der Waals surface area contributed by atoms with Crippen molar-refractivity contribution in [2.45, 2.75) is 32.2 Å². The molecule has 1 saturated carbocycles. The van der Waals surface area contributed by atoms with Crippen LogP contribution in [0.5, 0.6) is 0 Å². The minimum atomic E-state index is 0. The van der Waals surface area contributed by atoms with Crippen LogP contribution in [0.2, 0.25) is 5.02 Å². The van der Waals surface area contributed by atoms with Crippen LogP contribution in [0.4, 0.5) is 5.69 Å². The second kappa shape index (κ2) is 8.02. The van der Waals surface area contributed by atoms with Gasteiger partial charge in [-0.15, -0.1) is 12.4 Å². The van der Waals surface area contributed by atoms with Crippen molar-refractivity contribution in [3.63, 3.8) is 0 Å². The molecule has 2 aromatic rings. The van der Waals surface area contributed by atoms with Gasteiger partial charge in [0.05, 0.1) is 0 Å². The van der Waals surface area contributed by atoms with Crippen molar-refractivity contribution in [2.75, 3.05) is 5.32 Å². The predicted octanol–water partition coefficient (Wildman–Crippen LogP) is 4.80. The zero-order valence-electron chi connectivity index (χ0n) is 13.6. The highest BCUT2D eigenvalue weighted by Gasteiger charge is 2.27. The summed E-state index contributed by atoms with van der Waals surface area (Å²) >= 11 is 6.05. The molecule has 0 aliphatic heterocycles. The first-order valence-electron chi connectivity index (χ1n) is 7.96. The number of anilines is 1. The van der Waals surface area contributed by atoms with Crippen molar-refractivity contribution >= 4 is 35.6 Å². The summed E-state index contributed by atoms with van der Waals surface area (Å²) in [5.74, 6) is 0.119. The van der Waals surface area contributed by atoms with Crippen molar-refractivity contribution in [1.29, 1.82) is 0 Å². The third kappa shape index (κ3) is 4.29. The number of halogens is 2. The minimum Gasteiger partial charge on any atom is -0.328 e. The van der Waals surface area contributed by atoms with E-state index in [1.54, 1.807) is 0 Å². The molecule has 0 saturated heterocycles. The van der Waals surface area contributed by atoms with Crippen LogP contribution in [-0.2, 0) is 4.79 Å². The maximum Gasteiger partial charge on any atom is 0.227 e. The summed E-state index contributed by atoms with van der Waals surface area (Å²) in [6.45, 7) is 2.00. The number of hydrogen-bond donors (Lipinski definition) is 2. The van der Waals surface area contributed by atoms with Crippen molar-refractivity contribution in [1.82, 2.24) is 0 Å². The molecule has 1 amide bonds. The fraction of sp³-hybridized carbons (Fsp3) is 0.316. The average molecular weight is 365 g/mol. The van der Waals surface area contributed by atoms with Crippen LogP contribution in [0.3, 0.4) is 0 Å². The van der Waals surface area contributed by atoms with E-state index >= 15 is 0 Å². The first-order chi connectivity index (χ1) is 11.0. The van der Waals surface area contributed by atoms with E-state index in [9.17, 15) is 4.79 Å². The van der Waals surface area contributed by atoms with Crippen LogP contribution < -0.4 is 11.1 Å². The highest BCUT2D eigenvalue weighted by Crippen LogP contribution is 2.29. The molecule has 3 rings (SSSR count). The molecule has 0 spiro atoms. The van der Waals surface area contributed by atoms with Gasteiger partial charge in [0.15, 0.2) is 0 Å². The van der Waals surface area contributed by atoms with E-state index in [2.05, 4.69) is 11.4 Å². The first kappa shape index (κ1) is 18.8. The smallest absolute Gasteiger partial charge is 0.227 e. The third-order valence-electron chi connectivity index (χ3n) is 4.49. The van der Waals surface area contributed by atoms with Crippen molar-refractivity contribution in [3.05, 3.63) is 53.1 Å². The Bertz CT molecular complexity index is 733. The molecule has 3 N–H and O–H groups in total. The van der Waals surface area contributed by atoms with Gasteiger partial charge >= 0.3 is 0 Å². The Kier molecular flexibility index (Phi) is 6.27. The van der Waals surface area contributed by atoms with Crippen LogP contribution in [0, 0.1) is 12.8 Å². The van der Waals surface area contributed by atoms with Gasteiger partial charge < -0.3 is 11.1 Å². The molecule has 24 heavy (non-hydrogen) atoms. The zero-order valence-corrected chi connectivity index (χ0v) is 15.2. The quantitative estimate of drug-likeness (QED) is 0.821. The molecular formula is C19H22Cl2N2O. The number of carbonyl (C=O) groups excluding carboxylic acids is 1. The molecule has 1 fully saturated rings. The second-order valence-corrected chi connectivity index (χ2v) is 6.74. The predicted molar refractivity (Wildman–Crippen MR) is 103 cm³/mol. The summed E-state index contributed by atoms with van der Waals surface area (Å²) in [5, 5.41) is 3.76. The number of carbonyl (C=O) groups is 1. The number of amides is 1. The fourth-order valence-electron chi connectivity index (χ4n) is 3.14. The summed E-state index contributed by atoms with van der Waals surface area (Å²) in [7, 11) is 0. The molecule has 0 bridgehead atoms. The molecule has 0 heterocycles. The summed E-state index contributed by atoms with van der Waals surface area (Å²) < 4.78 is 0. The molecule has 2 unspecified atom stereocenters. The van der Waals surface area contributed by atoms with Crippen LogP contribution in [0.1, 0.15) is 24.8 Å². The SMILES string of the molecule is Cc1cc(-c2cccc(Cl)c2)ccc1NC(=O)C1CCC(N)C1.Cl. The van der Waals surface area contributed by atoms with Gasteiger partial charge in [0.25, 0.3) is 0 Å². The second-order valence-electron chi connectivity index (χ2n) is 6.30. The Morgan fingerprint density at radius 1 is 1.17 bits per heavy atom. The van der Waals surface area contributed by atoms with Gasteiger partial charge in [-0.05, 0) is 67.1 Å². The number of hydrogen-bond acceptors (Lipinski definition) is 2. The topological polar surface area (TPSA) is 55.1 Å². The van der Waals surface area contributed by atoms with Gasteiger partial charge in [0, 0.05) is 22.7 Å². The summed E-state index contributed by atoms with van der Waals surface area (Å²) in [4.78, 5) is 12.3. The summed E-state index contributed by atoms with van der Waals surface area (Å²) in [6.07, 6.45) is 2.60. The van der Waals surface area contributed by atoms with E-state index in [1.165, 1.54) is 0 Å². The summed E-state index contributed by atoms with van der Waals surface area (Å²) in [6, 6.07) is 14.0. The molecule has 5 heteroatoms. The van der Waals surface area contributed by atoms with Gasteiger partial charge in [-0.3, -0.25) is 4.79 Å². The number of rotatable bonds is 3. The monoisotopic (exact) mass is 364 g/mol. The molecule has 128 valence electrons. The minimum absolute atomic E-state index is 0. The van der Waals surface area contributed by atoms with Crippen LogP contribution >= 0.6 is 24.0 Å². The lowest BCUT2D eigenvalue weighted by Crippen LogP contribution is -2.23. The van der Waals surface area contributed by atoms with Gasteiger partial charge in [-0.25, -0.2) is 0 Å². The lowest BCUT2D eigenvalue weighted by Gasteiger charge is -2.14. The average Bonchev–Trinajstić information content (AvgIpc) is 2.96. The Labute approximate surface area is 154 Å². The standard InChI is InChI=1S/C19H21ClN2O.ClH/c1-12-9-14(13-3-2-4-16(20)10-13)6-8-18(12)22-19(23)15-5-7-17(21)11-15;/h2-4,6,8-10,15,17H,5,7,11,21H2,1H3,(H,22,23);1H. The van der Waals surface area contributed by atoms with E-state index < -0.39 is 0 Å². The molecule has 1 aliphatic carbocycles. The van der Waals surface area contributed by atoms with Crippen LogP contribution in [-0.4, -0.2) is 11.9 Å². The zero-order chi connectivity index (χ0) is 16.4. The molecule has 1 aliphatic rings. The molecule has 0 aromatic heterocycles. The number of benzene rings is 2. The Hall–Kier alpha value is -1.55. The van der Waals surface area contributed by atoms with E-state index in [-0.39, 0.29) is 30.3 Å². The third-order valence-corrected chi connectivity index (χ3v) is 4.72. The number of nitrogens with two attached hydrogens (primary N) is 1. The van der Waals surface area contributed by atoms with Crippen molar-refractivity contribution < 1.29 is 4.79 Å². The Balaban J connectivity index is 0.00000208. The van der Waals surface area contributed by atoms with Gasteiger partial charge in [0.2, 0.25) is 5.91 Å². The van der Waals surface area contributed by atoms with E-state index in [1.807, 2.05) is 43.3 Å². The molecular weight excluding hydrogens is 343 g/mol. The highest BCUT2D eigenvalue weighted by molar-refractivity contribution is 6.30. The summed E-state index contributed by atoms with van der Waals surface area (Å²) in [5.41, 5.74) is 9.95. The normalized spacial score (nSPS) is 19.6. The van der Waals surface area contributed by atoms with Crippen LogP contribution in [0.15, 0.2) is 42.5 Å². The van der Waals surface area contributed by atoms with Gasteiger partial charge in [-0.2, -0.15) is 0 Å². The van der Waals surface area contributed by atoms with E-state index in [0.29, 0.717) is 0 Å².